The first-order chi connectivity index (χ1) is 8.83. The lowest BCUT2D eigenvalue weighted by Crippen LogP contribution is -1.97. The molecule has 0 bridgehead atoms. The van der Waals surface area contributed by atoms with Crippen molar-refractivity contribution in [1.29, 1.82) is 0 Å². The van der Waals surface area contributed by atoms with E-state index in [2.05, 4.69) is 44.2 Å². The Bertz CT molecular complexity index is 275. The third kappa shape index (κ3) is 7.53. The van der Waals surface area contributed by atoms with Crippen LogP contribution in [0.2, 0.25) is 0 Å². The highest BCUT2D eigenvalue weighted by Crippen LogP contribution is 2.17. The van der Waals surface area contributed by atoms with Gasteiger partial charge in [0.2, 0.25) is 0 Å². The molecule has 0 spiro atoms. The van der Waals surface area contributed by atoms with Crippen molar-refractivity contribution in [3.8, 4) is 0 Å². The molecular formula is C18H30. The fourth-order valence-corrected chi connectivity index (χ4v) is 2.48. The molecule has 0 saturated carbocycles. The van der Waals surface area contributed by atoms with Crippen molar-refractivity contribution in [1.82, 2.24) is 0 Å². The molecule has 0 aliphatic rings. The van der Waals surface area contributed by atoms with Crippen LogP contribution < -0.4 is 0 Å². The van der Waals surface area contributed by atoms with Gasteiger partial charge in [0, 0.05) is 0 Å². The van der Waals surface area contributed by atoms with Crippen molar-refractivity contribution in [2.24, 2.45) is 5.92 Å². The first kappa shape index (κ1) is 15.3. The zero-order chi connectivity index (χ0) is 13.1. The maximum absolute atomic E-state index is 2.41. The highest BCUT2D eigenvalue weighted by Gasteiger charge is 2.02. The number of hydrogen-bond acceptors (Lipinski definition) is 0. The molecular weight excluding hydrogens is 216 g/mol. The quantitative estimate of drug-likeness (QED) is 0.444. The van der Waals surface area contributed by atoms with E-state index in [4.69, 9.17) is 0 Å². The second-order valence-electron chi connectivity index (χ2n) is 5.69. The van der Waals surface area contributed by atoms with Gasteiger partial charge in [-0.05, 0) is 24.3 Å². The van der Waals surface area contributed by atoms with Crippen molar-refractivity contribution in [2.75, 3.05) is 0 Å². The average molecular weight is 246 g/mol. The Morgan fingerprint density at radius 1 is 0.833 bits per heavy atom. The Balaban J connectivity index is 1.99. The lowest BCUT2D eigenvalue weighted by molar-refractivity contribution is 0.456. The van der Waals surface area contributed by atoms with E-state index >= 15 is 0 Å². The Hall–Kier alpha value is -0.780. The van der Waals surface area contributed by atoms with Gasteiger partial charge in [0.25, 0.3) is 0 Å². The summed E-state index contributed by atoms with van der Waals surface area (Å²) in [5.74, 6) is 0.886. The largest absolute Gasteiger partial charge is 0.0654 e. The molecule has 0 N–H and O–H groups in total. The first-order valence-electron chi connectivity index (χ1n) is 7.87. The molecule has 0 radical (unpaired) electrons. The number of unbranched alkanes of at least 4 members (excludes halogenated alkanes) is 5. The second kappa shape index (κ2) is 10.2. The number of rotatable bonds is 10. The molecule has 0 aromatic heterocycles. The SMILES string of the molecule is CCCCCCCCC(C)CCc1ccccc1. The van der Waals surface area contributed by atoms with E-state index in [0.29, 0.717) is 0 Å². The van der Waals surface area contributed by atoms with Gasteiger partial charge in [-0.1, -0.05) is 89.1 Å². The molecule has 0 nitrogen and oxygen atoms in total. The molecule has 102 valence electrons. The molecule has 0 heteroatoms. The monoisotopic (exact) mass is 246 g/mol. The van der Waals surface area contributed by atoms with E-state index in [9.17, 15) is 0 Å². The smallest absolute Gasteiger partial charge is 0.0276 e. The van der Waals surface area contributed by atoms with Gasteiger partial charge in [-0.3, -0.25) is 0 Å². The van der Waals surface area contributed by atoms with E-state index in [1.807, 2.05) is 0 Å². The van der Waals surface area contributed by atoms with E-state index < -0.39 is 0 Å². The van der Waals surface area contributed by atoms with Crippen LogP contribution >= 0.6 is 0 Å². The van der Waals surface area contributed by atoms with Crippen molar-refractivity contribution >= 4 is 0 Å². The molecule has 0 aliphatic carbocycles. The number of benzene rings is 1. The van der Waals surface area contributed by atoms with Crippen LogP contribution in [-0.4, -0.2) is 0 Å². The Morgan fingerprint density at radius 3 is 2.22 bits per heavy atom. The van der Waals surface area contributed by atoms with Crippen LogP contribution in [-0.2, 0) is 6.42 Å². The molecule has 0 saturated heterocycles. The Kier molecular flexibility index (Phi) is 8.63. The summed E-state index contributed by atoms with van der Waals surface area (Å²) in [4.78, 5) is 0. The summed E-state index contributed by atoms with van der Waals surface area (Å²) in [5.41, 5.74) is 1.49. The summed E-state index contributed by atoms with van der Waals surface area (Å²) in [5, 5.41) is 0. The topological polar surface area (TPSA) is 0 Å². The van der Waals surface area contributed by atoms with Gasteiger partial charge in [-0.25, -0.2) is 0 Å². The average Bonchev–Trinajstić information content (AvgIpc) is 2.41. The standard InChI is InChI=1S/C18H30/c1-3-4-5-6-7-9-12-17(2)15-16-18-13-10-8-11-14-18/h8,10-11,13-14,17H,3-7,9,12,15-16H2,1-2H3. The number of hydrogen-bond donors (Lipinski definition) is 0. The van der Waals surface area contributed by atoms with Crippen molar-refractivity contribution in [3.05, 3.63) is 35.9 Å². The van der Waals surface area contributed by atoms with Gasteiger partial charge in [0.15, 0.2) is 0 Å². The molecule has 0 heterocycles. The van der Waals surface area contributed by atoms with E-state index in [1.54, 1.807) is 0 Å². The maximum atomic E-state index is 2.41. The van der Waals surface area contributed by atoms with Gasteiger partial charge in [0.05, 0.1) is 0 Å². The van der Waals surface area contributed by atoms with Gasteiger partial charge in [-0.15, -0.1) is 0 Å². The van der Waals surface area contributed by atoms with Crippen molar-refractivity contribution in [3.63, 3.8) is 0 Å². The van der Waals surface area contributed by atoms with E-state index in [1.165, 1.54) is 63.4 Å². The molecule has 0 amide bonds. The molecule has 1 unspecified atom stereocenters. The van der Waals surface area contributed by atoms with Crippen LogP contribution in [0.25, 0.3) is 0 Å². The summed E-state index contributed by atoms with van der Waals surface area (Å²) in [7, 11) is 0. The molecule has 1 aromatic rings. The predicted molar refractivity (Wildman–Crippen MR) is 81.9 cm³/mol. The predicted octanol–water partition coefficient (Wildman–Crippen LogP) is 6.01. The zero-order valence-electron chi connectivity index (χ0n) is 12.3. The molecule has 1 aromatic carbocycles. The fourth-order valence-electron chi connectivity index (χ4n) is 2.48. The number of aryl methyl sites for hydroxylation is 1. The summed E-state index contributed by atoms with van der Waals surface area (Å²) >= 11 is 0. The zero-order valence-corrected chi connectivity index (χ0v) is 12.3. The summed E-state index contributed by atoms with van der Waals surface area (Å²) < 4.78 is 0. The molecule has 0 aliphatic heterocycles. The van der Waals surface area contributed by atoms with Gasteiger partial charge in [-0.2, -0.15) is 0 Å². The lowest BCUT2D eigenvalue weighted by Gasteiger charge is -2.11. The normalized spacial score (nSPS) is 12.6. The van der Waals surface area contributed by atoms with Crippen LogP contribution in [0.1, 0.15) is 70.8 Å². The lowest BCUT2D eigenvalue weighted by atomic mass is 9.95. The highest BCUT2D eigenvalue weighted by atomic mass is 14.1. The van der Waals surface area contributed by atoms with Crippen LogP contribution in [0.15, 0.2) is 30.3 Å². The molecule has 1 atom stereocenters. The highest BCUT2D eigenvalue weighted by molar-refractivity contribution is 5.14. The van der Waals surface area contributed by atoms with Crippen molar-refractivity contribution in [2.45, 2.75) is 71.6 Å². The third-order valence-electron chi connectivity index (χ3n) is 3.82. The van der Waals surface area contributed by atoms with Gasteiger partial charge < -0.3 is 0 Å². The minimum absolute atomic E-state index is 0.886. The van der Waals surface area contributed by atoms with Gasteiger partial charge >= 0.3 is 0 Å². The molecule has 18 heavy (non-hydrogen) atoms. The second-order valence-corrected chi connectivity index (χ2v) is 5.69. The van der Waals surface area contributed by atoms with Crippen LogP contribution in [0.3, 0.4) is 0 Å². The van der Waals surface area contributed by atoms with Crippen molar-refractivity contribution < 1.29 is 0 Å². The third-order valence-corrected chi connectivity index (χ3v) is 3.82. The van der Waals surface area contributed by atoms with Crippen LogP contribution in [0.4, 0.5) is 0 Å². The van der Waals surface area contributed by atoms with Gasteiger partial charge in [0.1, 0.15) is 0 Å². The van der Waals surface area contributed by atoms with E-state index in [0.717, 1.165) is 5.92 Å². The maximum Gasteiger partial charge on any atom is -0.0276 e. The van der Waals surface area contributed by atoms with Crippen LogP contribution in [0, 0.1) is 5.92 Å². The van der Waals surface area contributed by atoms with E-state index in [-0.39, 0.29) is 0 Å². The Morgan fingerprint density at radius 2 is 1.50 bits per heavy atom. The Labute approximate surface area is 114 Å². The molecule has 0 fully saturated rings. The summed E-state index contributed by atoms with van der Waals surface area (Å²) in [6.07, 6.45) is 12.5. The summed E-state index contributed by atoms with van der Waals surface area (Å²) in [6, 6.07) is 10.9. The van der Waals surface area contributed by atoms with Crippen LogP contribution in [0.5, 0.6) is 0 Å². The fraction of sp³-hybridized carbons (Fsp3) is 0.667. The first-order valence-corrected chi connectivity index (χ1v) is 7.87. The summed E-state index contributed by atoms with van der Waals surface area (Å²) in [6.45, 7) is 4.70. The minimum atomic E-state index is 0.886. The minimum Gasteiger partial charge on any atom is -0.0654 e. The molecule has 1 rings (SSSR count).